The van der Waals surface area contributed by atoms with Gasteiger partial charge in [-0.05, 0) is 42.5 Å². The fraction of sp³-hybridized carbons (Fsp3) is 0.600. The summed E-state index contributed by atoms with van der Waals surface area (Å²) in [6.45, 7) is 0. The molecule has 0 heterocycles. The molecule has 3 N–H and O–H groups in total. The highest BCUT2D eigenvalue weighted by molar-refractivity contribution is 5.19. The van der Waals surface area contributed by atoms with Gasteiger partial charge < -0.3 is 0 Å². The quantitative estimate of drug-likeness (QED) is 0.635. The van der Waals surface area contributed by atoms with E-state index >= 15 is 0 Å². The van der Waals surface area contributed by atoms with Gasteiger partial charge in [-0.25, -0.2) is 8.78 Å². The third-order valence-electron chi connectivity index (χ3n) is 4.05. The lowest BCUT2D eigenvalue weighted by Gasteiger charge is -2.26. The highest BCUT2D eigenvalue weighted by Crippen LogP contribution is 2.28. The Morgan fingerprint density at radius 1 is 1.21 bits per heavy atom. The van der Waals surface area contributed by atoms with Crippen molar-refractivity contribution in [1.82, 2.24) is 5.43 Å². The molecule has 1 unspecified atom stereocenters. The van der Waals surface area contributed by atoms with Gasteiger partial charge in [-0.15, -0.1) is 0 Å². The Bertz CT molecular complexity index is 403. The predicted molar refractivity (Wildman–Crippen MR) is 72.4 cm³/mol. The van der Waals surface area contributed by atoms with E-state index in [0.29, 0.717) is 17.9 Å². The highest BCUT2D eigenvalue weighted by atomic mass is 19.1. The summed E-state index contributed by atoms with van der Waals surface area (Å²) < 4.78 is 26.8. The first-order chi connectivity index (χ1) is 9.19. The zero-order chi connectivity index (χ0) is 13.7. The van der Waals surface area contributed by atoms with Crippen LogP contribution in [0.25, 0.3) is 0 Å². The van der Waals surface area contributed by atoms with Gasteiger partial charge in [0.25, 0.3) is 0 Å². The Kier molecular flexibility index (Phi) is 5.28. The summed E-state index contributed by atoms with van der Waals surface area (Å²) in [6, 6.07) is 3.60. The third kappa shape index (κ3) is 4.25. The molecule has 0 radical (unpaired) electrons. The van der Waals surface area contributed by atoms with Crippen molar-refractivity contribution in [2.24, 2.45) is 11.8 Å². The van der Waals surface area contributed by atoms with Crippen LogP contribution >= 0.6 is 0 Å². The summed E-state index contributed by atoms with van der Waals surface area (Å²) in [7, 11) is 0. The number of hydrogen-bond donors (Lipinski definition) is 2. The lowest BCUT2D eigenvalue weighted by atomic mass is 9.83. The molecule has 0 bridgehead atoms. The zero-order valence-electron chi connectivity index (χ0n) is 11.2. The van der Waals surface area contributed by atoms with Crippen molar-refractivity contribution in [3.8, 4) is 0 Å². The van der Waals surface area contributed by atoms with Gasteiger partial charge in [-0.2, -0.15) is 0 Å². The van der Waals surface area contributed by atoms with Crippen LogP contribution in [0.2, 0.25) is 0 Å². The molecular weight excluding hydrogens is 246 g/mol. The molecule has 1 aromatic carbocycles. The normalized spacial score (nSPS) is 18.5. The number of benzene rings is 1. The maximum absolute atomic E-state index is 13.6. The van der Waals surface area contributed by atoms with Crippen LogP contribution in [-0.4, -0.2) is 6.04 Å². The van der Waals surface area contributed by atoms with Gasteiger partial charge >= 0.3 is 0 Å². The maximum Gasteiger partial charge on any atom is 0.126 e. The van der Waals surface area contributed by atoms with Crippen LogP contribution < -0.4 is 11.3 Å². The summed E-state index contributed by atoms with van der Waals surface area (Å²) in [6.07, 6.45) is 7.69. The Morgan fingerprint density at radius 2 is 1.95 bits per heavy atom. The van der Waals surface area contributed by atoms with Crippen LogP contribution in [0.3, 0.4) is 0 Å². The van der Waals surface area contributed by atoms with E-state index < -0.39 is 5.82 Å². The number of hydrazine groups is 1. The molecule has 106 valence electrons. The molecule has 4 heteroatoms. The van der Waals surface area contributed by atoms with Crippen LogP contribution in [0.5, 0.6) is 0 Å². The third-order valence-corrected chi connectivity index (χ3v) is 4.05. The van der Waals surface area contributed by atoms with Gasteiger partial charge in [0.15, 0.2) is 0 Å². The molecule has 1 aromatic rings. The largest absolute Gasteiger partial charge is 0.271 e. The number of hydrogen-bond acceptors (Lipinski definition) is 2. The van der Waals surface area contributed by atoms with Gasteiger partial charge in [-0.3, -0.25) is 11.3 Å². The zero-order valence-corrected chi connectivity index (χ0v) is 11.2. The average Bonchev–Trinajstić information content (AvgIpc) is 2.43. The SMILES string of the molecule is NNC(Cc1cc(F)ccc1F)CC1CCCCC1. The van der Waals surface area contributed by atoms with Crippen LogP contribution in [0.1, 0.15) is 44.1 Å². The van der Waals surface area contributed by atoms with Crippen LogP contribution in [0.15, 0.2) is 18.2 Å². The fourth-order valence-corrected chi connectivity index (χ4v) is 3.00. The molecule has 0 saturated heterocycles. The van der Waals surface area contributed by atoms with Gasteiger partial charge in [-0.1, -0.05) is 32.1 Å². The van der Waals surface area contributed by atoms with Gasteiger partial charge in [0, 0.05) is 6.04 Å². The predicted octanol–water partition coefficient (Wildman–Crippen LogP) is 3.31. The number of rotatable bonds is 5. The standard InChI is InChI=1S/C15H22F2N2/c16-13-6-7-15(17)12(9-13)10-14(19-18)8-11-4-2-1-3-5-11/h6-7,9,11,14,19H,1-5,8,10,18H2. The molecule has 0 aliphatic heterocycles. The van der Waals surface area contributed by atoms with Crippen molar-refractivity contribution in [2.75, 3.05) is 0 Å². The lowest BCUT2D eigenvalue weighted by Crippen LogP contribution is -2.38. The minimum Gasteiger partial charge on any atom is -0.271 e. The lowest BCUT2D eigenvalue weighted by molar-refractivity contribution is 0.297. The molecule has 0 spiro atoms. The molecule has 0 aromatic heterocycles. The molecule has 1 saturated carbocycles. The Balaban J connectivity index is 1.95. The molecule has 2 nitrogen and oxygen atoms in total. The summed E-state index contributed by atoms with van der Waals surface area (Å²) in [5.41, 5.74) is 3.16. The van der Waals surface area contributed by atoms with E-state index in [1.807, 2.05) is 0 Å². The van der Waals surface area contributed by atoms with Crippen molar-refractivity contribution in [3.63, 3.8) is 0 Å². The van der Waals surface area contributed by atoms with E-state index in [9.17, 15) is 8.78 Å². The van der Waals surface area contributed by atoms with Crippen molar-refractivity contribution in [3.05, 3.63) is 35.4 Å². The Labute approximate surface area is 113 Å². The first kappa shape index (κ1) is 14.4. The second-order valence-electron chi connectivity index (χ2n) is 5.54. The molecule has 1 aliphatic carbocycles. The molecule has 1 fully saturated rings. The van der Waals surface area contributed by atoms with Gasteiger partial charge in [0.2, 0.25) is 0 Å². The van der Waals surface area contributed by atoms with E-state index in [2.05, 4.69) is 5.43 Å². The smallest absolute Gasteiger partial charge is 0.126 e. The summed E-state index contributed by atoms with van der Waals surface area (Å²) in [4.78, 5) is 0. The van der Waals surface area contributed by atoms with Crippen molar-refractivity contribution in [2.45, 2.75) is 51.0 Å². The molecule has 0 amide bonds. The summed E-state index contributed by atoms with van der Waals surface area (Å²) >= 11 is 0. The molecule has 2 rings (SSSR count). The van der Waals surface area contributed by atoms with E-state index in [-0.39, 0.29) is 11.9 Å². The maximum atomic E-state index is 13.6. The van der Waals surface area contributed by atoms with E-state index in [4.69, 9.17) is 5.84 Å². The van der Waals surface area contributed by atoms with Gasteiger partial charge in [0.05, 0.1) is 0 Å². The molecule has 1 atom stereocenters. The number of nitrogens with two attached hydrogens (primary N) is 1. The fourth-order valence-electron chi connectivity index (χ4n) is 3.00. The average molecular weight is 268 g/mol. The number of nitrogens with one attached hydrogen (secondary N) is 1. The molecular formula is C15H22F2N2. The van der Waals surface area contributed by atoms with Crippen molar-refractivity contribution >= 4 is 0 Å². The minimum absolute atomic E-state index is 0.0133. The van der Waals surface area contributed by atoms with Gasteiger partial charge in [0.1, 0.15) is 11.6 Å². The Hall–Kier alpha value is -1.00. The van der Waals surface area contributed by atoms with E-state index in [1.54, 1.807) is 0 Å². The highest BCUT2D eigenvalue weighted by Gasteiger charge is 2.19. The van der Waals surface area contributed by atoms with E-state index in [1.165, 1.54) is 44.2 Å². The van der Waals surface area contributed by atoms with Crippen molar-refractivity contribution < 1.29 is 8.78 Å². The summed E-state index contributed by atoms with van der Waals surface area (Å²) in [5, 5.41) is 0. The molecule has 1 aliphatic rings. The minimum atomic E-state index is -0.398. The first-order valence-corrected chi connectivity index (χ1v) is 7.09. The van der Waals surface area contributed by atoms with E-state index in [0.717, 1.165) is 12.5 Å². The monoisotopic (exact) mass is 268 g/mol. The van der Waals surface area contributed by atoms with Crippen LogP contribution in [0.4, 0.5) is 8.78 Å². The second-order valence-corrected chi connectivity index (χ2v) is 5.54. The topological polar surface area (TPSA) is 38.0 Å². The van der Waals surface area contributed by atoms with Crippen LogP contribution in [-0.2, 0) is 6.42 Å². The first-order valence-electron chi connectivity index (χ1n) is 7.09. The van der Waals surface area contributed by atoms with Crippen molar-refractivity contribution in [1.29, 1.82) is 0 Å². The van der Waals surface area contributed by atoms with Crippen LogP contribution in [0, 0.1) is 17.6 Å². The Morgan fingerprint density at radius 3 is 2.63 bits per heavy atom. The number of halogens is 2. The summed E-state index contributed by atoms with van der Waals surface area (Å²) in [5.74, 6) is 5.46. The second kappa shape index (κ2) is 6.96. The molecule has 19 heavy (non-hydrogen) atoms.